The van der Waals surface area contributed by atoms with E-state index in [9.17, 15) is 0 Å². The lowest BCUT2D eigenvalue weighted by molar-refractivity contribution is -0.381. The van der Waals surface area contributed by atoms with Crippen molar-refractivity contribution in [1.29, 1.82) is 0 Å². The second kappa shape index (κ2) is 12.8. The summed E-state index contributed by atoms with van der Waals surface area (Å²) >= 11 is 0. The third-order valence-electron chi connectivity index (χ3n) is 1.84. The van der Waals surface area contributed by atoms with Crippen molar-refractivity contribution in [1.82, 2.24) is 0 Å². The fourth-order valence-corrected chi connectivity index (χ4v) is 1.10. The van der Waals surface area contributed by atoms with Crippen LogP contribution in [0.1, 0.15) is 25.7 Å². The molecule has 0 saturated heterocycles. The molecule has 0 aliphatic heterocycles. The quantitative estimate of drug-likeness (QED) is 0.189. The van der Waals surface area contributed by atoms with Crippen LogP contribution < -0.4 is 0 Å². The standard InChI is InChI=1S/C10H22O6/c11-5-3-1-2-4-10(14-8-6-12)16-15-9-7-13/h10-13H,1-9H2. The number of aliphatic hydroxyl groups excluding tert-OH is 3. The Labute approximate surface area is 95.7 Å². The van der Waals surface area contributed by atoms with Gasteiger partial charge in [0, 0.05) is 13.0 Å². The molecule has 16 heavy (non-hydrogen) atoms. The van der Waals surface area contributed by atoms with Gasteiger partial charge in [0.15, 0.2) is 6.29 Å². The van der Waals surface area contributed by atoms with Crippen LogP contribution >= 0.6 is 0 Å². The van der Waals surface area contributed by atoms with E-state index in [2.05, 4.69) is 0 Å². The van der Waals surface area contributed by atoms with Gasteiger partial charge in [0.25, 0.3) is 0 Å². The zero-order valence-electron chi connectivity index (χ0n) is 9.51. The highest BCUT2D eigenvalue weighted by molar-refractivity contribution is 4.46. The molecule has 0 spiro atoms. The van der Waals surface area contributed by atoms with Crippen molar-refractivity contribution >= 4 is 0 Å². The first kappa shape index (κ1) is 15.8. The van der Waals surface area contributed by atoms with Crippen molar-refractivity contribution in [2.75, 3.05) is 33.0 Å². The number of aliphatic hydroxyl groups is 3. The predicted molar refractivity (Wildman–Crippen MR) is 56.5 cm³/mol. The maximum Gasteiger partial charge on any atom is 0.191 e. The number of rotatable bonds is 12. The summed E-state index contributed by atoms with van der Waals surface area (Å²) in [5, 5.41) is 25.7. The van der Waals surface area contributed by atoms with Crippen molar-refractivity contribution in [2.45, 2.75) is 32.0 Å². The molecule has 0 aliphatic carbocycles. The molecular formula is C10H22O6. The van der Waals surface area contributed by atoms with Gasteiger partial charge >= 0.3 is 0 Å². The fraction of sp³-hybridized carbons (Fsp3) is 1.00. The van der Waals surface area contributed by atoms with Crippen LogP contribution in [0.3, 0.4) is 0 Å². The lowest BCUT2D eigenvalue weighted by Crippen LogP contribution is -2.20. The minimum absolute atomic E-state index is 0.0729. The normalized spacial score (nSPS) is 12.9. The minimum atomic E-state index is -0.530. The third kappa shape index (κ3) is 10.3. The Kier molecular flexibility index (Phi) is 12.6. The molecule has 0 aromatic rings. The van der Waals surface area contributed by atoms with Gasteiger partial charge in [0.05, 0.1) is 19.8 Å². The summed E-state index contributed by atoms with van der Waals surface area (Å²) < 4.78 is 5.18. The van der Waals surface area contributed by atoms with Crippen molar-refractivity contribution in [3.05, 3.63) is 0 Å². The lowest BCUT2D eigenvalue weighted by atomic mass is 10.2. The molecule has 0 fully saturated rings. The van der Waals surface area contributed by atoms with Crippen molar-refractivity contribution in [3.63, 3.8) is 0 Å². The molecule has 6 nitrogen and oxygen atoms in total. The summed E-state index contributed by atoms with van der Waals surface area (Å²) in [4.78, 5) is 9.60. The van der Waals surface area contributed by atoms with Gasteiger partial charge in [-0.3, -0.25) is 0 Å². The summed E-state index contributed by atoms with van der Waals surface area (Å²) in [6.07, 6.45) is 2.59. The molecule has 0 aromatic carbocycles. The molecule has 0 aliphatic rings. The van der Waals surface area contributed by atoms with E-state index in [1.54, 1.807) is 0 Å². The number of unbranched alkanes of at least 4 members (excludes halogenated alkanes) is 2. The van der Waals surface area contributed by atoms with Crippen LogP contribution in [-0.2, 0) is 14.5 Å². The van der Waals surface area contributed by atoms with Gasteiger partial charge in [0.1, 0.15) is 6.61 Å². The molecule has 1 atom stereocenters. The summed E-state index contributed by atoms with van der Waals surface area (Å²) in [5.74, 6) is 0. The second-order valence-corrected chi connectivity index (χ2v) is 3.24. The van der Waals surface area contributed by atoms with E-state index in [-0.39, 0.29) is 33.0 Å². The third-order valence-corrected chi connectivity index (χ3v) is 1.84. The first-order chi connectivity index (χ1) is 7.85. The van der Waals surface area contributed by atoms with E-state index in [0.717, 1.165) is 19.3 Å². The molecule has 1 unspecified atom stereocenters. The first-order valence-electron chi connectivity index (χ1n) is 5.57. The van der Waals surface area contributed by atoms with Gasteiger partial charge in [-0.15, -0.1) is 0 Å². The number of ether oxygens (including phenoxy) is 1. The van der Waals surface area contributed by atoms with E-state index in [4.69, 9.17) is 29.8 Å². The first-order valence-corrected chi connectivity index (χ1v) is 5.57. The Morgan fingerprint density at radius 2 is 1.56 bits per heavy atom. The van der Waals surface area contributed by atoms with E-state index >= 15 is 0 Å². The molecule has 0 aromatic heterocycles. The van der Waals surface area contributed by atoms with Gasteiger partial charge in [-0.25, -0.2) is 9.78 Å². The Morgan fingerprint density at radius 1 is 0.812 bits per heavy atom. The zero-order chi connectivity index (χ0) is 12.1. The lowest BCUT2D eigenvalue weighted by Gasteiger charge is -2.16. The number of hydrogen-bond donors (Lipinski definition) is 3. The summed E-state index contributed by atoms with van der Waals surface area (Å²) in [7, 11) is 0. The Balaban J connectivity index is 3.54. The van der Waals surface area contributed by atoms with E-state index in [1.165, 1.54) is 0 Å². The molecule has 0 bridgehead atoms. The molecular weight excluding hydrogens is 216 g/mol. The maximum absolute atomic E-state index is 8.60. The highest BCUT2D eigenvalue weighted by atomic mass is 17.2. The molecule has 0 radical (unpaired) electrons. The van der Waals surface area contributed by atoms with Crippen molar-refractivity contribution in [2.24, 2.45) is 0 Å². The second-order valence-electron chi connectivity index (χ2n) is 3.24. The highest BCUT2D eigenvalue weighted by Crippen LogP contribution is 2.08. The van der Waals surface area contributed by atoms with Crippen molar-refractivity contribution < 1.29 is 29.8 Å². The highest BCUT2D eigenvalue weighted by Gasteiger charge is 2.10. The smallest absolute Gasteiger partial charge is 0.191 e. The Bertz CT molecular complexity index is 132. The molecule has 0 heterocycles. The van der Waals surface area contributed by atoms with E-state index in [1.807, 2.05) is 0 Å². The van der Waals surface area contributed by atoms with Crippen LogP contribution in [0.2, 0.25) is 0 Å². The average molecular weight is 238 g/mol. The molecule has 0 rings (SSSR count). The van der Waals surface area contributed by atoms with Crippen LogP contribution in [0, 0.1) is 0 Å². The molecule has 98 valence electrons. The summed E-state index contributed by atoms with van der Waals surface area (Å²) in [6, 6.07) is 0. The predicted octanol–water partition coefficient (Wildman–Crippen LogP) is -0.185. The SMILES string of the molecule is OCCCCCC(OCCO)OOCCO. The topological polar surface area (TPSA) is 88.4 Å². The van der Waals surface area contributed by atoms with E-state index < -0.39 is 6.29 Å². The Morgan fingerprint density at radius 3 is 2.19 bits per heavy atom. The monoisotopic (exact) mass is 238 g/mol. The molecule has 6 heteroatoms. The molecule has 3 N–H and O–H groups in total. The average Bonchev–Trinajstić information content (AvgIpc) is 2.31. The van der Waals surface area contributed by atoms with Crippen LogP contribution in [0.4, 0.5) is 0 Å². The fourth-order valence-electron chi connectivity index (χ4n) is 1.10. The summed E-state index contributed by atoms with van der Waals surface area (Å²) in [6.45, 7) is 0.278. The minimum Gasteiger partial charge on any atom is -0.396 e. The van der Waals surface area contributed by atoms with Crippen LogP contribution in [0.15, 0.2) is 0 Å². The van der Waals surface area contributed by atoms with Gasteiger partial charge in [-0.1, -0.05) is 6.42 Å². The van der Waals surface area contributed by atoms with Crippen LogP contribution in [0.25, 0.3) is 0 Å². The molecule has 0 amide bonds. The van der Waals surface area contributed by atoms with Gasteiger partial charge < -0.3 is 20.1 Å². The van der Waals surface area contributed by atoms with Crippen LogP contribution in [-0.4, -0.2) is 54.6 Å². The van der Waals surface area contributed by atoms with E-state index in [0.29, 0.717) is 6.42 Å². The maximum atomic E-state index is 8.60. The zero-order valence-corrected chi connectivity index (χ0v) is 9.51. The van der Waals surface area contributed by atoms with Gasteiger partial charge in [-0.05, 0) is 12.8 Å². The number of hydrogen-bond acceptors (Lipinski definition) is 6. The van der Waals surface area contributed by atoms with Crippen LogP contribution in [0.5, 0.6) is 0 Å². The largest absolute Gasteiger partial charge is 0.396 e. The summed E-state index contributed by atoms with van der Waals surface area (Å²) in [5.41, 5.74) is 0. The van der Waals surface area contributed by atoms with Crippen molar-refractivity contribution in [3.8, 4) is 0 Å². The van der Waals surface area contributed by atoms with Gasteiger partial charge in [-0.2, -0.15) is 0 Å². The van der Waals surface area contributed by atoms with Gasteiger partial charge in [0.2, 0.25) is 0 Å². The Hall–Kier alpha value is -0.240. The molecule has 0 saturated carbocycles.